The maximum atomic E-state index is 12.5. The summed E-state index contributed by atoms with van der Waals surface area (Å²) in [6.45, 7) is 1.78. The van der Waals surface area contributed by atoms with Crippen LogP contribution in [0.1, 0.15) is 24.1 Å². The summed E-state index contributed by atoms with van der Waals surface area (Å²) in [7, 11) is 1.50. The van der Waals surface area contributed by atoms with Gasteiger partial charge in [0.2, 0.25) is 0 Å². The van der Waals surface area contributed by atoms with Gasteiger partial charge in [0.15, 0.2) is 0 Å². The highest BCUT2D eigenvalue weighted by atomic mass is 19.4. The van der Waals surface area contributed by atoms with Crippen molar-refractivity contribution in [2.45, 2.75) is 25.9 Å². The fourth-order valence-corrected chi connectivity index (χ4v) is 2.22. The highest BCUT2D eigenvalue weighted by Crippen LogP contribution is 2.27. The summed E-state index contributed by atoms with van der Waals surface area (Å²) in [5.74, 6) is -0.322. The van der Waals surface area contributed by atoms with E-state index in [2.05, 4.69) is 15.0 Å². The fraction of sp³-hybridized carbons (Fsp3) is 0.294. The lowest BCUT2D eigenvalue weighted by Crippen LogP contribution is -2.38. The van der Waals surface area contributed by atoms with E-state index >= 15 is 0 Å². The first kappa shape index (κ1) is 18.6. The minimum absolute atomic E-state index is 0.0266. The molecule has 8 heteroatoms. The van der Waals surface area contributed by atoms with Gasteiger partial charge in [0.1, 0.15) is 5.75 Å². The molecule has 0 saturated heterocycles. The summed E-state index contributed by atoms with van der Waals surface area (Å²) < 4.78 is 41.4. The Hall–Kier alpha value is -2.77. The number of para-hydroxylation sites is 1. The lowest BCUT2D eigenvalue weighted by molar-refractivity contribution is -0.275. The molecule has 0 fully saturated rings. The molecule has 2 aromatic rings. The van der Waals surface area contributed by atoms with E-state index in [-0.39, 0.29) is 23.9 Å². The number of ether oxygens (including phenoxy) is 1. The van der Waals surface area contributed by atoms with E-state index in [9.17, 15) is 18.0 Å². The van der Waals surface area contributed by atoms with Crippen LogP contribution < -0.4 is 10.1 Å². The van der Waals surface area contributed by atoms with Crippen LogP contribution >= 0.6 is 0 Å². The Morgan fingerprint density at radius 3 is 2.52 bits per heavy atom. The van der Waals surface area contributed by atoms with Gasteiger partial charge >= 0.3 is 12.4 Å². The van der Waals surface area contributed by atoms with E-state index in [1.54, 1.807) is 30.6 Å². The van der Waals surface area contributed by atoms with Gasteiger partial charge in [-0.3, -0.25) is 4.98 Å². The third kappa shape index (κ3) is 5.66. The number of aromatic nitrogens is 1. The predicted molar refractivity (Wildman–Crippen MR) is 85.8 cm³/mol. The van der Waals surface area contributed by atoms with Crippen molar-refractivity contribution >= 4 is 6.03 Å². The Labute approximate surface area is 143 Å². The lowest BCUT2D eigenvalue weighted by atomic mass is 10.1. The van der Waals surface area contributed by atoms with Crippen LogP contribution in [-0.2, 0) is 6.54 Å². The number of nitrogens with zero attached hydrogens (tertiary/aromatic N) is 2. The van der Waals surface area contributed by atoms with Crippen molar-refractivity contribution in [3.8, 4) is 5.75 Å². The molecule has 1 atom stereocenters. The summed E-state index contributed by atoms with van der Waals surface area (Å²) in [4.78, 5) is 17.5. The monoisotopic (exact) mass is 353 g/mol. The Bertz CT molecular complexity index is 708. The molecule has 0 aliphatic heterocycles. The quantitative estimate of drug-likeness (QED) is 0.887. The largest absolute Gasteiger partial charge is 0.573 e. The minimum Gasteiger partial charge on any atom is -0.405 e. The molecule has 2 rings (SSSR count). The van der Waals surface area contributed by atoms with Gasteiger partial charge in [-0.15, -0.1) is 13.2 Å². The smallest absolute Gasteiger partial charge is 0.405 e. The van der Waals surface area contributed by atoms with Crippen molar-refractivity contribution in [1.82, 2.24) is 15.2 Å². The zero-order chi connectivity index (χ0) is 18.4. The maximum absolute atomic E-state index is 12.5. The maximum Gasteiger partial charge on any atom is 0.573 e. The molecule has 0 radical (unpaired) electrons. The van der Waals surface area contributed by atoms with Crippen LogP contribution in [0.15, 0.2) is 48.8 Å². The molecule has 1 aromatic carbocycles. The average molecular weight is 353 g/mol. The standard InChI is InChI=1S/C17H18F3N3O2/c1-12(13-7-9-21-10-8-13)22-16(24)23(2)11-14-5-3-4-6-15(14)25-17(18,19)20/h3-10,12H,11H2,1-2H3,(H,22,24). The van der Waals surface area contributed by atoms with Gasteiger partial charge in [0, 0.05) is 25.0 Å². The summed E-state index contributed by atoms with van der Waals surface area (Å²) >= 11 is 0. The van der Waals surface area contributed by atoms with Gasteiger partial charge in [-0.25, -0.2) is 4.79 Å². The van der Waals surface area contributed by atoms with Crippen molar-refractivity contribution in [3.05, 3.63) is 59.9 Å². The lowest BCUT2D eigenvalue weighted by Gasteiger charge is -2.23. The average Bonchev–Trinajstić information content (AvgIpc) is 2.56. The number of hydrogen-bond acceptors (Lipinski definition) is 3. The van der Waals surface area contributed by atoms with E-state index in [0.717, 1.165) is 5.56 Å². The first-order chi connectivity index (χ1) is 11.8. The summed E-state index contributed by atoms with van der Waals surface area (Å²) in [5, 5.41) is 2.78. The minimum atomic E-state index is -4.78. The number of hydrogen-bond donors (Lipinski definition) is 1. The second-order valence-electron chi connectivity index (χ2n) is 5.46. The molecule has 25 heavy (non-hydrogen) atoms. The van der Waals surface area contributed by atoms with Gasteiger partial charge < -0.3 is 15.0 Å². The molecule has 1 aromatic heterocycles. The Morgan fingerprint density at radius 1 is 1.24 bits per heavy atom. The Kier molecular flexibility index (Phi) is 5.84. The number of urea groups is 1. The fourth-order valence-electron chi connectivity index (χ4n) is 2.22. The molecule has 2 amide bonds. The Morgan fingerprint density at radius 2 is 1.88 bits per heavy atom. The Balaban J connectivity index is 2.02. The predicted octanol–water partition coefficient (Wildman–Crippen LogP) is 3.88. The number of pyridine rings is 1. The zero-order valence-electron chi connectivity index (χ0n) is 13.7. The van der Waals surface area contributed by atoms with Crippen LogP contribution in [0.4, 0.5) is 18.0 Å². The molecule has 0 aliphatic rings. The summed E-state index contributed by atoms with van der Waals surface area (Å²) in [5.41, 5.74) is 1.13. The molecule has 134 valence electrons. The second kappa shape index (κ2) is 7.87. The molecule has 0 aliphatic carbocycles. The van der Waals surface area contributed by atoms with Crippen LogP contribution in [0.3, 0.4) is 0 Å². The first-order valence-electron chi connectivity index (χ1n) is 7.51. The molecule has 0 spiro atoms. The number of carbonyl (C=O) groups excluding carboxylic acids is 1. The molecular formula is C17H18F3N3O2. The number of alkyl halides is 3. The summed E-state index contributed by atoms with van der Waals surface area (Å²) in [6, 6.07) is 8.60. The number of carbonyl (C=O) groups is 1. The number of halogens is 3. The molecular weight excluding hydrogens is 335 g/mol. The highest BCUT2D eigenvalue weighted by molar-refractivity contribution is 5.74. The normalized spacial score (nSPS) is 12.4. The van der Waals surface area contributed by atoms with Crippen molar-refractivity contribution in [2.75, 3.05) is 7.05 Å². The first-order valence-corrected chi connectivity index (χ1v) is 7.51. The van der Waals surface area contributed by atoms with Gasteiger partial charge in [-0.2, -0.15) is 0 Å². The van der Waals surface area contributed by atoms with Crippen LogP contribution in [0.2, 0.25) is 0 Å². The van der Waals surface area contributed by atoms with Crippen LogP contribution in [0.5, 0.6) is 5.75 Å². The van der Waals surface area contributed by atoms with E-state index in [0.29, 0.717) is 0 Å². The number of nitrogens with one attached hydrogen (secondary N) is 1. The van der Waals surface area contributed by atoms with Crippen molar-refractivity contribution in [1.29, 1.82) is 0 Å². The third-order valence-corrected chi connectivity index (χ3v) is 3.50. The van der Waals surface area contributed by atoms with E-state index in [1.165, 1.54) is 30.1 Å². The van der Waals surface area contributed by atoms with Crippen LogP contribution in [-0.4, -0.2) is 29.3 Å². The van der Waals surface area contributed by atoms with E-state index in [1.807, 2.05) is 6.92 Å². The SMILES string of the molecule is CC(NC(=O)N(C)Cc1ccccc1OC(F)(F)F)c1ccncc1. The van der Waals surface area contributed by atoms with Gasteiger partial charge in [-0.1, -0.05) is 18.2 Å². The van der Waals surface area contributed by atoms with Crippen molar-refractivity contribution in [3.63, 3.8) is 0 Å². The number of amides is 2. The van der Waals surface area contributed by atoms with Gasteiger partial charge in [0.25, 0.3) is 0 Å². The number of rotatable bonds is 5. The van der Waals surface area contributed by atoms with Crippen molar-refractivity contribution < 1.29 is 22.7 Å². The summed E-state index contributed by atoms with van der Waals surface area (Å²) in [6.07, 6.45) is -1.55. The van der Waals surface area contributed by atoms with Crippen molar-refractivity contribution in [2.24, 2.45) is 0 Å². The van der Waals surface area contributed by atoms with Crippen LogP contribution in [0.25, 0.3) is 0 Å². The molecule has 1 unspecified atom stereocenters. The van der Waals surface area contributed by atoms with Gasteiger partial charge in [0.05, 0.1) is 12.6 Å². The van der Waals surface area contributed by atoms with E-state index < -0.39 is 12.4 Å². The zero-order valence-corrected chi connectivity index (χ0v) is 13.7. The third-order valence-electron chi connectivity index (χ3n) is 3.50. The van der Waals surface area contributed by atoms with Crippen LogP contribution in [0, 0.1) is 0 Å². The molecule has 0 bridgehead atoms. The molecule has 1 heterocycles. The van der Waals surface area contributed by atoms with E-state index in [4.69, 9.17) is 0 Å². The topological polar surface area (TPSA) is 54.5 Å². The molecule has 5 nitrogen and oxygen atoms in total. The highest BCUT2D eigenvalue weighted by Gasteiger charge is 2.32. The van der Waals surface area contributed by atoms with Gasteiger partial charge in [-0.05, 0) is 30.7 Å². The number of benzene rings is 1. The molecule has 0 saturated carbocycles. The second-order valence-corrected chi connectivity index (χ2v) is 5.46. The molecule has 1 N–H and O–H groups in total.